The zero-order valence-corrected chi connectivity index (χ0v) is 10.4. The van der Waals surface area contributed by atoms with E-state index in [2.05, 4.69) is 0 Å². The molecule has 2 rings (SSSR count). The minimum atomic E-state index is -0.859. The molecule has 0 saturated heterocycles. The molecule has 0 amide bonds. The molecule has 1 saturated carbocycles. The van der Waals surface area contributed by atoms with Crippen molar-refractivity contribution < 1.29 is 9.90 Å². The molecule has 92 valence electrons. The molecule has 3 nitrogen and oxygen atoms in total. The summed E-state index contributed by atoms with van der Waals surface area (Å²) in [6.45, 7) is 3.48. The Balaban J connectivity index is 2.36. The Morgan fingerprint density at radius 3 is 2.53 bits per heavy atom. The molecule has 0 unspecified atom stereocenters. The number of carboxylic acids is 1. The first-order chi connectivity index (χ1) is 7.85. The van der Waals surface area contributed by atoms with E-state index in [1.807, 2.05) is 24.3 Å². The highest BCUT2D eigenvalue weighted by Crippen LogP contribution is 2.38. The van der Waals surface area contributed by atoms with Gasteiger partial charge >= 0.3 is 5.97 Å². The second kappa shape index (κ2) is 3.84. The summed E-state index contributed by atoms with van der Waals surface area (Å²) in [5, 5.41) is 9.30. The normalized spacial score (nSPS) is 17.8. The van der Waals surface area contributed by atoms with Crippen LogP contribution in [-0.4, -0.2) is 16.6 Å². The van der Waals surface area contributed by atoms with Crippen LogP contribution in [0.5, 0.6) is 0 Å². The van der Waals surface area contributed by atoms with Gasteiger partial charge in [0.05, 0.1) is 5.41 Å². The van der Waals surface area contributed by atoms with Gasteiger partial charge in [-0.3, -0.25) is 4.79 Å². The van der Waals surface area contributed by atoms with E-state index in [1.54, 1.807) is 13.8 Å². The first-order valence-electron chi connectivity index (χ1n) is 5.96. The van der Waals surface area contributed by atoms with Crippen LogP contribution >= 0.6 is 0 Å². The lowest BCUT2D eigenvalue weighted by Crippen LogP contribution is -2.32. The van der Waals surface area contributed by atoms with Crippen LogP contribution in [0.1, 0.15) is 37.8 Å². The van der Waals surface area contributed by atoms with Crippen molar-refractivity contribution in [1.82, 2.24) is 0 Å². The van der Waals surface area contributed by atoms with Crippen LogP contribution in [0.2, 0.25) is 0 Å². The molecule has 17 heavy (non-hydrogen) atoms. The maximum Gasteiger partial charge on any atom is 0.313 e. The van der Waals surface area contributed by atoms with Crippen LogP contribution < -0.4 is 5.73 Å². The number of carbonyl (C=O) groups is 1. The summed E-state index contributed by atoms with van der Waals surface area (Å²) in [5.41, 5.74) is 7.12. The Morgan fingerprint density at radius 2 is 2.00 bits per heavy atom. The summed E-state index contributed by atoms with van der Waals surface area (Å²) in [5.74, 6) is -0.799. The van der Waals surface area contributed by atoms with Crippen molar-refractivity contribution in [2.24, 2.45) is 5.73 Å². The number of benzene rings is 1. The Hall–Kier alpha value is -1.35. The van der Waals surface area contributed by atoms with Crippen LogP contribution in [0.4, 0.5) is 0 Å². The fourth-order valence-corrected chi connectivity index (χ4v) is 2.12. The molecule has 1 aliphatic rings. The van der Waals surface area contributed by atoms with E-state index in [0.29, 0.717) is 0 Å². The highest BCUT2D eigenvalue weighted by atomic mass is 16.4. The van der Waals surface area contributed by atoms with Gasteiger partial charge in [0.15, 0.2) is 0 Å². The van der Waals surface area contributed by atoms with Gasteiger partial charge in [-0.25, -0.2) is 0 Å². The van der Waals surface area contributed by atoms with Gasteiger partial charge in [-0.05, 0) is 44.2 Å². The minimum Gasteiger partial charge on any atom is -0.481 e. The molecular formula is C14H19NO2. The topological polar surface area (TPSA) is 63.3 Å². The number of hydrogen-bond donors (Lipinski definition) is 2. The minimum absolute atomic E-state index is 0.0926. The lowest BCUT2D eigenvalue weighted by atomic mass is 9.80. The molecule has 0 spiro atoms. The summed E-state index contributed by atoms with van der Waals surface area (Å²) in [4.78, 5) is 11.3. The van der Waals surface area contributed by atoms with Gasteiger partial charge in [-0.2, -0.15) is 0 Å². The Bertz CT molecular complexity index is 447. The summed E-state index contributed by atoms with van der Waals surface area (Å²) in [6.07, 6.45) is 2.85. The van der Waals surface area contributed by atoms with Crippen LogP contribution in [0, 0.1) is 0 Å². The molecule has 0 radical (unpaired) electrons. The summed E-state index contributed by atoms with van der Waals surface area (Å²) < 4.78 is 0. The lowest BCUT2D eigenvalue weighted by Gasteiger charge is -2.24. The van der Waals surface area contributed by atoms with Crippen molar-refractivity contribution >= 4 is 5.97 Å². The molecule has 0 aliphatic heterocycles. The van der Waals surface area contributed by atoms with Crippen LogP contribution in [0.15, 0.2) is 24.3 Å². The summed E-state index contributed by atoms with van der Waals surface area (Å²) in [6, 6.07) is 7.73. The Morgan fingerprint density at radius 1 is 1.41 bits per heavy atom. The highest BCUT2D eigenvalue weighted by Gasteiger charge is 2.40. The number of carboxylic acid groups (broad SMARTS) is 1. The molecule has 1 aromatic rings. The van der Waals surface area contributed by atoms with Gasteiger partial charge in [0.1, 0.15) is 0 Å². The maximum absolute atomic E-state index is 11.3. The van der Waals surface area contributed by atoms with Gasteiger partial charge in [0.2, 0.25) is 0 Å². The van der Waals surface area contributed by atoms with Crippen LogP contribution in [-0.2, 0) is 16.6 Å². The lowest BCUT2D eigenvalue weighted by molar-refractivity contribution is -0.142. The molecule has 3 heteroatoms. The average molecular weight is 233 g/mol. The van der Waals surface area contributed by atoms with Crippen LogP contribution in [0.3, 0.4) is 0 Å². The Labute approximate surface area is 102 Å². The molecule has 0 bridgehead atoms. The SMILES string of the molecule is CC(C)(C(=O)O)c1ccccc1CC1(N)CC1. The summed E-state index contributed by atoms with van der Waals surface area (Å²) in [7, 11) is 0. The smallest absolute Gasteiger partial charge is 0.313 e. The van der Waals surface area contributed by atoms with Crippen molar-refractivity contribution in [2.75, 3.05) is 0 Å². The van der Waals surface area contributed by atoms with Crippen molar-refractivity contribution in [3.8, 4) is 0 Å². The van der Waals surface area contributed by atoms with Crippen molar-refractivity contribution in [2.45, 2.75) is 44.1 Å². The molecule has 0 heterocycles. The second-order valence-corrected chi connectivity index (χ2v) is 5.63. The standard InChI is InChI=1S/C14H19NO2/c1-13(2,12(16)17)11-6-4-3-5-10(11)9-14(15)7-8-14/h3-6H,7-9,15H2,1-2H3,(H,16,17). The van der Waals surface area contributed by atoms with E-state index in [0.717, 1.165) is 30.4 Å². The number of rotatable bonds is 4. The monoisotopic (exact) mass is 233 g/mol. The average Bonchev–Trinajstić information content (AvgIpc) is 2.96. The molecule has 0 atom stereocenters. The molecule has 1 fully saturated rings. The predicted octanol–water partition coefficient (Wildman–Crippen LogP) is 2.08. The molecule has 1 aliphatic carbocycles. The van der Waals surface area contributed by atoms with E-state index < -0.39 is 11.4 Å². The number of hydrogen-bond acceptors (Lipinski definition) is 2. The van der Waals surface area contributed by atoms with E-state index >= 15 is 0 Å². The number of nitrogens with two attached hydrogens (primary N) is 1. The quantitative estimate of drug-likeness (QED) is 0.837. The Kier molecular flexibility index (Phi) is 2.74. The van der Waals surface area contributed by atoms with Gasteiger partial charge in [0, 0.05) is 5.54 Å². The van der Waals surface area contributed by atoms with Crippen molar-refractivity contribution in [1.29, 1.82) is 0 Å². The van der Waals surface area contributed by atoms with Crippen molar-refractivity contribution in [3.05, 3.63) is 35.4 Å². The number of aliphatic carboxylic acids is 1. The zero-order valence-electron chi connectivity index (χ0n) is 10.4. The molecule has 3 N–H and O–H groups in total. The van der Waals surface area contributed by atoms with E-state index in [9.17, 15) is 9.90 Å². The molecule has 0 aromatic heterocycles. The van der Waals surface area contributed by atoms with E-state index in [1.165, 1.54) is 0 Å². The highest BCUT2D eigenvalue weighted by molar-refractivity contribution is 5.80. The van der Waals surface area contributed by atoms with E-state index in [-0.39, 0.29) is 5.54 Å². The molecule has 1 aromatic carbocycles. The van der Waals surface area contributed by atoms with Crippen molar-refractivity contribution in [3.63, 3.8) is 0 Å². The third-order valence-electron chi connectivity index (χ3n) is 3.66. The summed E-state index contributed by atoms with van der Waals surface area (Å²) >= 11 is 0. The van der Waals surface area contributed by atoms with Gasteiger partial charge < -0.3 is 10.8 Å². The van der Waals surface area contributed by atoms with Crippen LogP contribution in [0.25, 0.3) is 0 Å². The van der Waals surface area contributed by atoms with E-state index in [4.69, 9.17) is 5.73 Å². The van der Waals surface area contributed by atoms with Gasteiger partial charge in [0.25, 0.3) is 0 Å². The zero-order chi connectivity index (χ0) is 12.7. The third-order valence-corrected chi connectivity index (χ3v) is 3.66. The first-order valence-corrected chi connectivity index (χ1v) is 5.96. The first kappa shape index (κ1) is 12.1. The van der Waals surface area contributed by atoms with Gasteiger partial charge in [-0.15, -0.1) is 0 Å². The molecular weight excluding hydrogens is 214 g/mol. The van der Waals surface area contributed by atoms with Gasteiger partial charge in [-0.1, -0.05) is 24.3 Å². The third kappa shape index (κ3) is 2.34. The fraction of sp³-hybridized carbons (Fsp3) is 0.500. The predicted molar refractivity (Wildman–Crippen MR) is 67.0 cm³/mol. The maximum atomic E-state index is 11.3. The second-order valence-electron chi connectivity index (χ2n) is 5.63. The fourth-order valence-electron chi connectivity index (χ4n) is 2.12. The largest absolute Gasteiger partial charge is 0.481 e.